The lowest BCUT2D eigenvalue weighted by Gasteiger charge is -2.39. The number of hydrogen-bond acceptors (Lipinski definition) is 5. The lowest BCUT2D eigenvalue weighted by molar-refractivity contribution is 0.143. The van der Waals surface area contributed by atoms with Crippen molar-refractivity contribution in [3.05, 3.63) is 47.0 Å². The first-order chi connectivity index (χ1) is 13.3. The van der Waals surface area contributed by atoms with Gasteiger partial charge in [-0.15, -0.1) is 10.2 Å². The minimum absolute atomic E-state index is 0.900. The summed E-state index contributed by atoms with van der Waals surface area (Å²) in [4.78, 5) is 5.04. The third-order valence-electron chi connectivity index (χ3n) is 6.10. The zero-order valence-electron chi connectivity index (χ0n) is 16.3. The molecule has 0 atom stereocenters. The van der Waals surface area contributed by atoms with Crippen LogP contribution < -0.4 is 4.90 Å². The Hall–Kier alpha value is -1.72. The topological polar surface area (TPSA) is 32.3 Å². The third-order valence-corrected chi connectivity index (χ3v) is 7.00. The number of likely N-dealkylation sites (tertiary alicyclic amines) is 1. The highest BCUT2D eigenvalue weighted by atomic mass is 32.1. The quantitative estimate of drug-likeness (QED) is 0.763. The van der Waals surface area contributed by atoms with Gasteiger partial charge < -0.3 is 4.90 Å². The van der Waals surface area contributed by atoms with Gasteiger partial charge in [0.25, 0.3) is 0 Å². The van der Waals surface area contributed by atoms with Crippen LogP contribution in [-0.4, -0.2) is 47.8 Å². The van der Waals surface area contributed by atoms with E-state index in [2.05, 4.69) is 62.5 Å². The molecule has 3 heterocycles. The van der Waals surface area contributed by atoms with Crippen LogP contribution in [0, 0.1) is 18.8 Å². The minimum atomic E-state index is 0.900. The molecule has 2 aromatic rings. The van der Waals surface area contributed by atoms with Crippen LogP contribution in [-0.2, 0) is 0 Å². The summed E-state index contributed by atoms with van der Waals surface area (Å²) in [6, 6.07) is 10.6. The second-order valence-electron chi connectivity index (χ2n) is 7.88. The van der Waals surface area contributed by atoms with Crippen molar-refractivity contribution in [1.29, 1.82) is 0 Å². The van der Waals surface area contributed by atoms with Gasteiger partial charge in [0.15, 0.2) is 0 Å². The molecular formula is C22H30N4S. The average molecular weight is 383 g/mol. The fraction of sp³-hybridized carbons (Fsp3) is 0.545. The monoisotopic (exact) mass is 382 g/mol. The van der Waals surface area contributed by atoms with E-state index in [9.17, 15) is 0 Å². The first-order valence-corrected chi connectivity index (χ1v) is 11.1. The van der Waals surface area contributed by atoms with Gasteiger partial charge in [0.2, 0.25) is 5.13 Å². The number of aryl methyl sites for hydroxylation is 1. The van der Waals surface area contributed by atoms with E-state index in [1.807, 2.05) is 6.92 Å². The molecule has 27 heavy (non-hydrogen) atoms. The van der Waals surface area contributed by atoms with Gasteiger partial charge in [0, 0.05) is 19.6 Å². The van der Waals surface area contributed by atoms with Crippen molar-refractivity contribution in [2.75, 3.05) is 37.6 Å². The number of benzene rings is 1. The van der Waals surface area contributed by atoms with E-state index in [1.54, 1.807) is 11.3 Å². The summed E-state index contributed by atoms with van der Waals surface area (Å²) < 4.78 is 0. The molecule has 0 saturated carbocycles. The first-order valence-electron chi connectivity index (χ1n) is 10.3. The summed E-state index contributed by atoms with van der Waals surface area (Å²) in [7, 11) is 0. The molecule has 2 saturated heterocycles. The van der Waals surface area contributed by atoms with E-state index < -0.39 is 0 Å². The fourth-order valence-electron chi connectivity index (χ4n) is 4.48. The van der Waals surface area contributed by atoms with Crippen molar-refractivity contribution in [2.24, 2.45) is 11.8 Å². The maximum atomic E-state index is 4.32. The SMILES string of the molecule is Cc1nnc(N2CCC(C3CCN(CC=Cc4ccccc4)CC3)CC2)s1. The first kappa shape index (κ1) is 18.6. The van der Waals surface area contributed by atoms with Crippen LogP contribution in [0.15, 0.2) is 36.4 Å². The van der Waals surface area contributed by atoms with Gasteiger partial charge in [-0.2, -0.15) is 0 Å². The lowest BCUT2D eigenvalue weighted by atomic mass is 9.79. The lowest BCUT2D eigenvalue weighted by Crippen LogP contribution is -2.40. The second kappa shape index (κ2) is 8.98. The molecule has 0 bridgehead atoms. The van der Waals surface area contributed by atoms with Crippen LogP contribution in [0.1, 0.15) is 36.3 Å². The zero-order chi connectivity index (χ0) is 18.5. The molecule has 0 N–H and O–H groups in total. The summed E-state index contributed by atoms with van der Waals surface area (Å²) >= 11 is 1.73. The highest BCUT2D eigenvalue weighted by Crippen LogP contribution is 2.34. The Morgan fingerprint density at radius 3 is 2.26 bits per heavy atom. The molecule has 0 aliphatic carbocycles. The molecule has 144 valence electrons. The second-order valence-corrected chi connectivity index (χ2v) is 9.04. The van der Waals surface area contributed by atoms with Gasteiger partial charge in [-0.1, -0.05) is 53.8 Å². The van der Waals surface area contributed by atoms with E-state index in [0.717, 1.165) is 41.6 Å². The van der Waals surface area contributed by atoms with Crippen LogP contribution in [0.3, 0.4) is 0 Å². The van der Waals surface area contributed by atoms with Crippen LogP contribution in [0.5, 0.6) is 0 Å². The molecule has 2 aliphatic rings. The summed E-state index contributed by atoms with van der Waals surface area (Å²) in [6.45, 7) is 7.92. The van der Waals surface area contributed by atoms with Crippen LogP contribution in [0.25, 0.3) is 6.08 Å². The standard InChI is InChI=1S/C22H30N4S/c1-18-23-24-22(27-18)26-16-11-21(12-17-26)20-9-14-25(15-10-20)13-5-8-19-6-3-2-4-7-19/h2-8,20-21H,9-17H2,1H3. The molecule has 0 spiro atoms. The van der Waals surface area contributed by atoms with Crippen molar-refractivity contribution >= 4 is 22.5 Å². The minimum Gasteiger partial charge on any atom is -0.347 e. The smallest absolute Gasteiger partial charge is 0.208 e. The highest BCUT2D eigenvalue weighted by molar-refractivity contribution is 7.15. The largest absolute Gasteiger partial charge is 0.347 e. The number of hydrogen-bond donors (Lipinski definition) is 0. The Kier molecular flexibility index (Phi) is 6.20. The summed E-state index contributed by atoms with van der Waals surface area (Å²) in [5, 5.41) is 10.7. The van der Waals surface area contributed by atoms with Crippen molar-refractivity contribution in [1.82, 2.24) is 15.1 Å². The van der Waals surface area contributed by atoms with E-state index in [-0.39, 0.29) is 0 Å². The van der Waals surface area contributed by atoms with Crippen LogP contribution in [0.2, 0.25) is 0 Å². The number of piperidine rings is 2. The molecule has 2 aliphatic heterocycles. The Morgan fingerprint density at radius 1 is 0.963 bits per heavy atom. The van der Waals surface area contributed by atoms with Crippen molar-refractivity contribution in [3.63, 3.8) is 0 Å². The molecule has 4 rings (SSSR count). The Labute approximate surface area is 166 Å². The number of anilines is 1. The van der Waals surface area contributed by atoms with Gasteiger partial charge in [-0.3, -0.25) is 4.90 Å². The average Bonchev–Trinajstić information content (AvgIpc) is 3.16. The maximum absolute atomic E-state index is 4.32. The summed E-state index contributed by atoms with van der Waals surface area (Å²) in [5.74, 6) is 1.81. The maximum Gasteiger partial charge on any atom is 0.208 e. The van der Waals surface area contributed by atoms with E-state index in [4.69, 9.17) is 0 Å². The predicted octanol–water partition coefficient (Wildman–Crippen LogP) is 4.49. The van der Waals surface area contributed by atoms with Crippen molar-refractivity contribution < 1.29 is 0 Å². The number of rotatable bonds is 5. The molecule has 2 fully saturated rings. The number of nitrogens with zero attached hydrogens (tertiary/aromatic N) is 4. The molecule has 0 radical (unpaired) electrons. The van der Waals surface area contributed by atoms with E-state index in [0.29, 0.717) is 0 Å². The Bertz CT molecular complexity index is 726. The molecule has 5 heteroatoms. The van der Waals surface area contributed by atoms with Crippen molar-refractivity contribution in [2.45, 2.75) is 32.6 Å². The molecular weight excluding hydrogens is 352 g/mol. The predicted molar refractivity (Wildman–Crippen MR) is 114 cm³/mol. The van der Waals surface area contributed by atoms with Gasteiger partial charge in [-0.25, -0.2) is 0 Å². The van der Waals surface area contributed by atoms with E-state index >= 15 is 0 Å². The van der Waals surface area contributed by atoms with Gasteiger partial charge in [0.05, 0.1) is 0 Å². The van der Waals surface area contributed by atoms with E-state index in [1.165, 1.54) is 44.3 Å². The molecule has 4 nitrogen and oxygen atoms in total. The Balaban J connectivity index is 1.19. The van der Waals surface area contributed by atoms with Crippen molar-refractivity contribution in [3.8, 4) is 0 Å². The molecule has 0 unspecified atom stereocenters. The number of aromatic nitrogens is 2. The van der Waals surface area contributed by atoms with Gasteiger partial charge >= 0.3 is 0 Å². The summed E-state index contributed by atoms with van der Waals surface area (Å²) in [5.41, 5.74) is 1.30. The highest BCUT2D eigenvalue weighted by Gasteiger charge is 2.30. The summed E-state index contributed by atoms with van der Waals surface area (Å²) in [6.07, 6.45) is 9.92. The fourth-order valence-corrected chi connectivity index (χ4v) is 5.22. The van der Waals surface area contributed by atoms with Gasteiger partial charge in [-0.05, 0) is 63.1 Å². The van der Waals surface area contributed by atoms with Gasteiger partial charge in [0.1, 0.15) is 5.01 Å². The Morgan fingerprint density at radius 2 is 1.63 bits per heavy atom. The van der Waals surface area contributed by atoms with Crippen LogP contribution >= 0.6 is 11.3 Å². The molecule has 1 aromatic heterocycles. The zero-order valence-corrected chi connectivity index (χ0v) is 17.1. The normalized spacial score (nSPS) is 20.6. The third kappa shape index (κ3) is 4.96. The molecule has 0 amide bonds. The molecule has 1 aromatic carbocycles. The van der Waals surface area contributed by atoms with Crippen LogP contribution in [0.4, 0.5) is 5.13 Å².